The van der Waals surface area contributed by atoms with Gasteiger partial charge in [0, 0.05) is 18.1 Å². The third-order valence-electron chi connectivity index (χ3n) is 4.16. The number of aliphatic hydroxyl groups is 1. The van der Waals surface area contributed by atoms with E-state index >= 15 is 0 Å². The third kappa shape index (κ3) is 1.13. The van der Waals surface area contributed by atoms with Crippen molar-refractivity contribution < 1.29 is 19.1 Å². The Morgan fingerprint density at radius 3 is 3.05 bits per heavy atom. The highest BCUT2D eigenvalue weighted by atomic mass is 16.4. The maximum atomic E-state index is 12.1. The summed E-state index contributed by atoms with van der Waals surface area (Å²) in [5.74, 6) is 0.264. The molecule has 96 valence electrons. The van der Waals surface area contributed by atoms with Gasteiger partial charge in [0.25, 0.3) is 0 Å². The summed E-state index contributed by atoms with van der Waals surface area (Å²) >= 11 is 0. The number of carbonyl (C=O) groups is 2. The number of aliphatic hydroxyl groups excluding tert-OH is 1. The van der Waals surface area contributed by atoms with Crippen molar-refractivity contribution in [2.45, 2.75) is 18.1 Å². The quantitative estimate of drug-likeness (QED) is 0.747. The number of amides is 1. The first-order chi connectivity index (χ1) is 9.13. The summed E-state index contributed by atoms with van der Waals surface area (Å²) < 4.78 is 5.34. The number of ketones is 1. The van der Waals surface area contributed by atoms with E-state index in [4.69, 9.17) is 4.42 Å². The second kappa shape index (κ2) is 3.24. The second-order valence-electron chi connectivity index (χ2n) is 5.10. The van der Waals surface area contributed by atoms with Crippen LogP contribution in [0, 0.1) is 0 Å². The normalized spacial score (nSPS) is 31.9. The molecule has 0 saturated carbocycles. The molecular weight excluding hydrogens is 246 g/mol. The number of hydrogen-bond donors (Lipinski definition) is 1. The summed E-state index contributed by atoms with van der Waals surface area (Å²) in [7, 11) is 0. The van der Waals surface area contributed by atoms with Crippen molar-refractivity contribution in [3.63, 3.8) is 0 Å². The molecule has 1 spiro atoms. The standard InChI is InChI=1S/C14H11NO4/c16-9-2-1-8-5-12(18)15-7-11(17)13-10(3-4-19-13)14(8,15)6-9/h1-5,11,17H,6-7H2/t11-,14-/m0/s1. The molecule has 0 unspecified atom stereocenters. The fourth-order valence-corrected chi connectivity index (χ4v) is 3.37. The Hall–Kier alpha value is -2.14. The molecule has 0 aromatic carbocycles. The van der Waals surface area contributed by atoms with Gasteiger partial charge in [-0.25, -0.2) is 0 Å². The van der Waals surface area contributed by atoms with Crippen molar-refractivity contribution >= 4 is 11.7 Å². The van der Waals surface area contributed by atoms with E-state index in [1.54, 1.807) is 17.0 Å². The van der Waals surface area contributed by atoms with Crippen LogP contribution in [0.2, 0.25) is 0 Å². The molecule has 5 nitrogen and oxygen atoms in total. The lowest BCUT2D eigenvalue weighted by atomic mass is 9.73. The van der Waals surface area contributed by atoms with Gasteiger partial charge >= 0.3 is 0 Å². The zero-order valence-electron chi connectivity index (χ0n) is 10.00. The molecule has 1 aromatic rings. The van der Waals surface area contributed by atoms with Crippen molar-refractivity contribution in [3.8, 4) is 0 Å². The molecule has 0 fully saturated rings. The molecule has 0 radical (unpaired) electrons. The average Bonchev–Trinajstić information content (AvgIpc) is 2.95. The van der Waals surface area contributed by atoms with Gasteiger partial charge in [-0.15, -0.1) is 0 Å². The lowest BCUT2D eigenvalue weighted by Crippen LogP contribution is -2.52. The molecule has 0 saturated heterocycles. The summed E-state index contributed by atoms with van der Waals surface area (Å²) in [6.07, 6.45) is 5.60. The SMILES string of the molecule is O=C1C=CC2=CC(=O)N3C[C@H](O)c4occc4[C@]23C1. The third-order valence-corrected chi connectivity index (χ3v) is 4.16. The van der Waals surface area contributed by atoms with Crippen LogP contribution in [0.5, 0.6) is 0 Å². The maximum Gasteiger partial charge on any atom is 0.248 e. The molecule has 1 N–H and O–H groups in total. The van der Waals surface area contributed by atoms with Crippen LogP contribution < -0.4 is 0 Å². The maximum absolute atomic E-state index is 12.1. The lowest BCUT2D eigenvalue weighted by molar-refractivity contribution is -0.134. The summed E-state index contributed by atoms with van der Waals surface area (Å²) in [4.78, 5) is 25.5. The Morgan fingerprint density at radius 1 is 1.37 bits per heavy atom. The van der Waals surface area contributed by atoms with E-state index in [0.29, 0.717) is 5.76 Å². The van der Waals surface area contributed by atoms with E-state index in [1.807, 2.05) is 0 Å². The predicted molar refractivity (Wildman–Crippen MR) is 63.9 cm³/mol. The van der Waals surface area contributed by atoms with Gasteiger partial charge < -0.3 is 14.4 Å². The first kappa shape index (κ1) is 10.8. The Bertz CT molecular complexity index is 669. The highest BCUT2D eigenvalue weighted by molar-refractivity contribution is 6.01. The number of nitrogens with zero attached hydrogens (tertiary/aromatic N) is 1. The van der Waals surface area contributed by atoms with E-state index in [1.165, 1.54) is 18.4 Å². The number of carbonyl (C=O) groups excluding carboxylic acids is 2. The predicted octanol–water partition coefficient (Wildman–Crippen LogP) is 0.819. The van der Waals surface area contributed by atoms with Gasteiger partial charge in [0.1, 0.15) is 17.4 Å². The Morgan fingerprint density at radius 2 is 2.21 bits per heavy atom. The van der Waals surface area contributed by atoms with E-state index in [0.717, 1.165) is 11.1 Å². The van der Waals surface area contributed by atoms with Crippen LogP contribution in [0.1, 0.15) is 23.8 Å². The second-order valence-corrected chi connectivity index (χ2v) is 5.10. The first-order valence-electron chi connectivity index (χ1n) is 6.13. The molecule has 1 aromatic heterocycles. The molecule has 3 aliphatic rings. The van der Waals surface area contributed by atoms with E-state index in [-0.39, 0.29) is 24.7 Å². The van der Waals surface area contributed by atoms with Gasteiger partial charge in [-0.3, -0.25) is 9.59 Å². The van der Waals surface area contributed by atoms with Crippen LogP contribution >= 0.6 is 0 Å². The minimum atomic E-state index is -0.840. The van der Waals surface area contributed by atoms with Crippen molar-refractivity contribution in [2.75, 3.05) is 6.54 Å². The minimum absolute atomic E-state index is 0.0274. The van der Waals surface area contributed by atoms with Crippen LogP contribution in [0.3, 0.4) is 0 Å². The van der Waals surface area contributed by atoms with Gasteiger partial charge in [-0.2, -0.15) is 0 Å². The van der Waals surface area contributed by atoms with Crippen molar-refractivity contribution in [1.29, 1.82) is 0 Å². The van der Waals surface area contributed by atoms with E-state index in [2.05, 4.69) is 0 Å². The Kier molecular flexibility index (Phi) is 1.84. The van der Waals surface area contributed by atoms with Crippen LogP contribution in [0.15, 0.2) is 40.5 Å². The zero-order valence-corrected chi connectivity index (χ0v) is 10.00. The van der Waals surface area contributed by atoms with Gasteiger partial charge in [-0.05, 0) is 17.7 Å². The molecule has 0 bridgehead atoms. The van der Waals surface area contributed by atoms with Gasteiger partial charge in [0.15, 0.2) is 5.78 Å². The van der Waals surface area contributed by atoms with Crippen LogP contribution in [-0.4, -0.2) is 28.2 Å². The highest BCUT2D eigenvalue weighted by Crippen LogP contribution is 2.51. The summed E-state index contributed by atoms with van der Waals surface area (Å²) in [6.45, 7) is 0.153. The van der Waals surface area contributed by atoms with Gasteiger partial charge in [0.05, 0.1) is 12.8 Å². The Labute approximate surface area is 108 Å². The van der Waals surface area contributed by atoms with Crippen molar-refractivity contribution in [2.24, 2.45) is 0 Å². The fraction of sp³-hybridized carbons (Fsp3) is 0.286. The largest absolute Gasteiger partial charge is 0.466 e. The van der Waals surface area contributed by atoms with Gasteiger partial charge in [-0.1, -0.05) is 6.08 Å². The summed E-state index contributed by atoms with van der Waals surface area (Å²) in [5.41, 5.74) is 0.748. The summed E-state index contributed by atoms with van der Waals surface area (Å²) in [6, 6.07) is 1.74. The Balaban J connectivity index is 2.02. The molecule has 3 heterocycles. The summed E-state index contributed by atoms with van der Waals surface area (Å²) in [5, 5.41) is 10.1. The molecule has 2 atom stereocenters. The monoisotopic (exact) mass is 257 g/mol. The van der Waals surface area contributed by atoms with Crippen LogP contribution in [0.4, 0.5) is 0 Å². The number of hydrogen-bond acceptors (Lipinski definition) is 4. The number of rotatable bonds is 0. The molecule has 19 heavy (non-hydrogen) atoms. The van der Waals surface area contributed by atoms with E-state index in [9.17, 15) is 14.7 Å². The zero-order chi connectivity index (χ0) is 13.2. The molecule has 2 aliphatic heterocycles. The number of furan rings is 1. The highest BCUT2D eigenvalue weighted by Gasteiger charge is 2.55. The molecule has 4 rings (SSSR count). The van der Waals surface area contributed by atoms with Crippen LogP contribution in [-0.2, 0) is 15.1 Å². The van der Waals surface area contributed by atoms with Crippen LogP contribution in [0.25, 0.3) is 0 Å². The molecule has 1 aliphatic carbocycles. The van der Waals surface area contributed by atoms with E-state index < -0.39 is 11.6 Å². The van der Waals surface area contributed by atoms with Crippen molar-refractivity contribution in [3.05, 3.63) is 47.5 Å². The van der Waals surface area contributed by atoms with Gasteiger partial charge in [0.2, 0.25) is 5.91 Å². The average molecular weight is 257 g/mol. The fourth-order valence-electron chi connectivity index (χ4n) is 3.37. The molecule has 5 heteroatoms. The number of allylic oxidation sites excluding steroid dienone is 1. The minimum Gasteiger partial charge on any atom is -0.466 e. The molecule has 1 amide bonds. The number of fused-ring (bicyclic) bond motifs is 1. The first-order valence-corrected chi connectivity index (χ1v) is 6.13. The topological polar surface area (TPSA) is 70.8 Å². The smallest absolute Gasteiger partial charge is 0.248 e. The van der Waals surface area contributed by atoms with Crippen molar-refractivity contribution in [1.82, 2.24) is 4.90 Å². The molecular formula is C14H11NO4. The lowest BCUT2D eigenvalue weighted by Gasteiger charge is -2.45.